The predicted octanol–water partition coefficient (Wildman–Crippen LogP) is 16.2. The number of fused-ring (bicyclic) bond motifs is 9. The second kappa shape index (κ2) is 15.2. The van der Waals surface area contributed by atoms with Gasteiger partial charge in [-0.25, -0.2) is 9.97 Å². The molecule has 2 aromatic heterocycles. The highest BCUT2D eigenvalue weighted by Gasteiger charge is 2.50. The summed E-state index contributed by atoms with van der Waals surface area (Å²) < 4.78 is 13.9. The lowest BCUT2D eigenvalue weighted by Gasteiger charge is -2.35. The molecular formula is C61H42N4O2. The maximum absolute atomic E-state index is 6.97. The van der Waals surface area contributed by atoms with Crippen LogP contribution in [-0.4, -0.2) is 9.97 Å². The summed E-state index contributed by atoms with van der Waals surface area (Å²) in [5, 5.41) is 4.65. The molecule has 318 valence electrons. The molecule has 1 aliphatic rings. The summed E-state index contributed by atoms with van der Waals surface area (Å²) in [6.45, 7) is 3.88. The zero-order chi connectivity index (χ0) is 44.6. The van der Waals surface area contributed by atoms with E-state index in [4.69, 9.17) is 18.8 Å². The predicted molar refractivity (Wildman–Crippen MR) is 273 cm³/mol. The number of aryl methyl sites for hydroxylation is 2. The summed E-state index contributed by atoms with van der Waals surface area (Å²) in [6.07, 6.45) is 0. The van der Waals surface area contributed by atoms with E-state index in [9.17, 15) is 0 Å². The number of hydrogen-bond acceptors (Lipinski definition) is 6. The van der Waals surface area contributed by atoms with E-state index in [1.807, 2.05) is 13.8 Å². The Hall–Kier alpha value is -8.74. The van der Waals surface area contributed by atoms with E-state index in [1.54, 1.807) is 0 Å². The third-order valence-electron chi connectivity index (χ3n) is 13.5. The standard InChI is InChI=1S/C61H42N4O2/c1-39-62-57-53(64(47-27-11-5-12-28-47)49-33-31-41-19-15-17-21-43(41)35-49)37-51-55(59(57)66-39)56-52(61(51,45-23-7-3-8-24-45)46-25-9-4-10-26-46)38-54(58-60(56)67-40(2)63-58)65(48-29-13-6-14-30-48)50-34-32-42-20-16-18-22-44(42)36-50/h3-38H,1-2H3. The largest absolute Gasteiger partial charge is 0.440 e. The number of hydrogen-bond donors (Lipinski definition) is 0. The van der Waals surface area contributed by atoms with Gasteiger partial charge in [0.25, 0.3) is 0 Å². The SMILES string of the molecule is Cc1nc2c(N(c3ccccc3)c3ccc4ccccc4c3)cc3c(c2o1)-c1c(cc(N(c2ccccc2)c2ccc4ccccc4c2)c2nc(C)oc12)C3(c1ccccc1)c1ccccc1. The van der Waals surface area contributed by atoms with Crippen LogP contribution in [0.3, 0.4) is 0 Å². The fraction of sp³-hybridized carbons (Fsp3) is 0.0492. The van der Waals surface area contributed by atoms with Gasteiger partial charge in [0.15, 0.2) is 22.9 Å². The lowest BCUT2D eigenvalue weighted by atomic mass is 9.67. The zero-order valence-electron chi connectivity index (χ0n) is 36.9. The molecule has 0 N–H and O–H groups in total. The number of rotatable bonds is 8. The Labute approximate surface area is 387 Å². The van der Waals surface area contributed by atoms with Crippen molar-refractivity contribution in [3.8, 4) is 11.1 Å². The number of anilines is 6. The number of nitrogens with zero attached hydrogens (tertiary/aromatic N) is 4. The summed E-state index contributed by atoms with van der Waals surface area (Å²) in [7, 11) is 0. The quantitative estimate of drug-likeness (QED) is 0.152. The molecule has 6 heteroatoms. The van der Waals surface area contributed by atoms with E-state index in [-0.39, 0.29) is 0 Å². The number of aromatic nitrogens is 2. The Kier molecular flexibility index (Phi) is 8.77. The van der Waals surface area contributed by atoms with Crippen molar-refractivity contribution in [3.05, 3.63) is 252 Å². The summed E-state index contributed by atoms with van der Waals surface area (Å²) in [4.78, 5) is 15.2. The molecule has 0 bridgehead atoms. The van der Waals surface area contributed by atoms with Crippen LogP contribution < -0.4 is 9.80 Å². The normalized spacial score (nSPS) is 12.7. The monoisotopic (exact) mass is 862 g/mol. The van der Waals surface area contributed by atoms with E-state index in [1.165, 1.54) is 10.8 Å². The Morgan fingerprint density at radius 1 is 0.358 bits per heavy atom. The summed E-state index contributed by atoms with van der Waals surface area (Å²) in [5.74, 6) is 1.14. The van der Waals surface area contributed by atoms with Crippen LogP contribution in [0.15, 0.2) is 227 Å². The van der Waals surface area contributed by atoms with Crippen LogP contribution in [0.2, 0.25) is 0 Å². The van der Waals surface area contributed by atoms with Crippen LogP contribution in [0, 0.1) is 13.8 Å². The molecular weight excluding hydrogens is 821 g/mol. The molecule has 0 amide bonds. The molecule has 13 rings (SSSR count). The van der Waals surface area contributed by atoms with Gasteiger partial charge in [-0.2, -0.15) is 0 Å². The van der Waals surface area contributed by atoms with Gasteiger partial charge in [-0.15, -0.1) is 0 Å². The van der Waals surface area contributed by atoms with E-state index in [0.29, 0.717) is 22.9 Å². The first kappa shape index (κ1) is 38.7. The van der Waals surface area contributed by atoms with Crippen LogP contribution in [0.5, 0.6) is 0 Å². The highest BCUT2D eigenvalue weighted by Crippen LogP contribution is 2.63. The first-order chi connectivity index (χ1) is 33.0. The summed E-state index contributed by atoms with van der Waals surface area (Å²) in [6, 6.07) is 78.0. The van der Waals surface area contributed by atoms with Gasteiger partial charge in [0.1, 0.15) is 11.0 Å². The maximum atomic E-state index is 6.97. The van der Waals surface area contributed by atoms with Gasteiger partial charge < -0.3 is 18.6 Å². The lowest BCUT2D eigenvalue weighted by molar-refractivity contribution is 0.558. The Balaban J connectivity index is 1.19. The van der Waals surface area contributed by atoms with Gasteiger partial charge in [-0.1, -0.05) is 158 Å². The minimum atomic E-state index is -0.877. The molecule has 10 aromatic carbocycles. The van der Waals surface area contributed by atoms with Crippen molar-refractivity contribution in [2.75, 3.05) is 9.80 Å². The molecule has 0 atom stereocenters. The Bertz CT molecular complexity index is 3590. The molecule has 0 saturated carbocycles. The lowest BCUT2D eigenvalue weighted by Crippen LogP contribution is -2.29. The van der Waals surface area contributed by atoms with Crippen molar-refractivity contribution in [2.24, 2.45) is 0 Å². The molecule has 0 aliphatic heterocycles. The van der Waals surface area contributed by atoms with Crippen molar-refractivity contribution in [2.45, 2.75) is 19.3 Å². The molecule has 0 unspecified atom stereocenters. The van der Waals surface area contributed by atoms with Gasteiger partial charge in [-0.05, 0) is 104 Å². The van der Waals surface area contributed by atoms with E-state index in [2.05, 4.69) is 228 Å². The van der Waals surface area contributed by atoms with Crippen molar-refractivity contribution >= 4 is 77.9 Å². The molecule has 2 heterocycles. The average Bonchev–Trinajstić information content (AvgIpc) is 4.06. The highest BCUT2D eigenvalue weighted by molar-refractivity contribution is 6.14. The smallest absolute Gasteiger partial charge is 0.192 e. The summed E-state index contributed by atoms with van der Waals surface area (Å²) in [5.41, 5.74) is 14.1. The highest BCUT2D eigenvalue weighted by atomic mass is 16.4. The van der Waals surface area contributed by atoms with Gasteiger partial charge in [0.05, 0.1) is 16.8 Å². The van der Waals surface area contributed by atoms with Crippen molar-refractivity contribution < 1.29 is 8.83 Å². The van der Waals surface area contributed by atoms with E-state index >= 15 is 0 Å². The molecule has 0 saturated heterocycles. The minimum absolute atomic E-state index is 0.572. The second-order valence-electron chi connectivity index (χ2n) is 17.3. The molecule has 12 aromatic rings. The fourth-order valence-corrected chi connectivity index (χ4v) is 10.7. The van der Waals surface area contributed by atoms with Crippen LogP contribution in [-0.2, 0) is 5.41 Å². The number of para-hydroxylation sites is 2. The maximum Gasteiger partial charge on any atom is 0.192 e. The Morgan fingerprint density at radius 3 is 1.12 bits per heavy atom. The van der Waals surface area contributed by atoms with E-state index in [0.717, 1.165) is 89.3 Å². The van der Waals surface area contributed by atoms with Crippen molar-refractivity contribution in [1.82, 2.24) is 9.97 Å². The third kappa shape index (κ3) is 5.96. The number of oxazole rings is 2. The first-order valence-electron chi connectivity index (χ1n) is 22.7. The summed E-state index contributed by atoms with van der Waals surface area (Å²) >= 11 is 0. The fourth-order valence-electron chi connectivity index (χ4n) is 10.7. The van der Waals surface area contributed by atoms with Crippen LogP contribution >= 0.6 is 0 Å². The Morgan fingerprint density at radius 2 is 0.716 bits per heavy atom. The molecule has 6 nitrogen and oxygen atoms in total. The minimum Gasteiger partial charge on any atom is -0.440 e. The number of benzene rings is 10. The molecule has 0 radical (unpaired) electrons. The topological polar surface area (TPSA) is 58.5 Å². The first-order valence-corrected chi connectivity index (χ1v) is 22.7. The van der Waals surface area contributed by atoms with Crippen LogP contribution in [0.1, 0.15) is 34.0 Å². The van der Waals surface area contributed by atoms with Crippen LogP contribution in [0.4, 0.5) is 34.1 Å². The zero-order valence-corrected chi connectivity index (χ0v) is 36.9. The van der Waals surface area contributed by atoms with Crippen molar-refractivity contribution in [3.63, 3.8) is 0 Å². The van der Waals surface area contributed by atoms with Gasteiger partial charge >= 0.3 is 0 Å². The average molecular weight is 863 g/mol. The molecule has 0 fully saturated rings. The van der Waals surface area contributed by atoms with Gasteiger partial charge in [0.2, 0.25) is 0 Å². The second-order valence-corrected chi connectivity index (χ2v) is 17.3. The van der Waals surface area contributed by atoms with Crippen LogP contribution in [0.25, 0.3) is 54.9 Å². The van der Waals surface area contributed by atoms with Gasteiger partial charge in [-0.3, -0.25) is 0 Å². The molecule has 1 aliphatic carbocycles. The van der Waals surface area contributed by atoms with Crippen molar-refractivity contribution in [1.29, 1.82) is 0 Å². The molecule has 0 spiro atoms. The van der Waals surface area contributed by atoms with Gasteiger partial charge in [0, 0.05) is 47.7 Å². The third-order valence-corrected chi connectivity index (χ3v) is 13.5. The van der Waals surface area contributed by atoms with E-state index < -0.39 is 5.41 Å². The molecule has 67 heavy (non-hydrogen) atoms.